The molecule has 5 rings (SSSR count). The van der Waals surface area contributed by atoms with E-state index < -0.39 is 33.6 Å². The lowest BCUT2D eigenvalue weighted by atomic mass is 9.87. The van der Waals surface area contributed by atoms with Crippen LogP contribution in [-0.2, 0) is 34.8 Å². The van der Waals surface area contributed by atoms with E-state index in [4.69, 9.17) is 11.6 Å². The third-order valence-electron chi connectivity index (χ3n) is 7.66. The molecule has 11 heteroatoms. The second kappa shape index (κ2) is 12.3. The molecule has 1 aliphatic carbocycles. The number of carbonyl (C=O) groups excluding carboxylic acids is 1. The van der Waals surface area contributed by atoms with E-state index in [1.807, 2.05) is 29.8 Å². The summed E-state index contributed by atoms with van der Waals surface area (Å²) in [5, 5.41) is 0.322. The van der Waals surface area contributed by atoms with Crippen LogP contribution in [0.3, 0.4) is 0 Å². The van der Waals surface area contributed by atoms with Crippen molar-refractivity contribution in [2.75, 3.05) is 4.90 Å². The van der Waals surface area contributed by atoms with Gasteiger partial charge in [0.15, 0.2) is 0 Å². The number of carbonyl (C=O) groups is 1. The molecule has 1 N–H and O–H groups in total. The van der Waals surface area contributed by atoms with E-state index in [2.05, 4.69) is 9.71 Å². The number of fused-ring (bicyclic) bond motifs is 1. The van der Waals surface area contributed by atoms with E-state index in [0.717, 1.165) is 30.0 Å². The zero-order chi connectivity index (χ0) is 30.0. The van der Waals surface area contributed by atoms with Gasteiger partial charge in [0.1, 0.15) is 17.5 Å². The fraction of sp³-hybridized carbons (Fsp3) is 0.290. The number of hydrogen-bond donors (Lipinski definition) is 1. The average molecular weight is 613 g/mol. The summed E-state index contributed by atoms with van der Waals surface area (Å²) in [4.78, 5) is 19.8. The van der Waals surface area contributed by atoms with Gasteiger partial charge in [-0.3, -0.25) is 4.79 Å². The van der Waals surface area contributed by atoms with Gasteiger partial charge in [-0.25, -0.2) is 26.9 Å². The van der Waals surface area contributed by atoms with Crippen molar-refractivity contribution >= 4 is 33.2 Å². The van der Waals surface area contributed by atoms with Crippen LogP contribution in [0.15, 0.2) is 78.0 Å². The van der Waals surface area contributed by atoms with Gasteiger partial charge in [0.25, 0.3) is 0 Å². The molecular weight excluding hydrogens is 582 g/mol. The Morgan fingerprint density at radius 2 is 1.98 bits per heavy atom. The van der Waals surface area contributed by atoms with Crippen LogP contribution in [-0.4, -0.2) is 23.9 Å². The van der Waals surface area contributed by atoms with Crippen LogP contribution in [0.1, 0.15) is 60.7 Å². The zero-order valence-electron chi connectivity index (χ0n) is 23.2. The number of nitrogens with zero attached hydrogens (tertiary/aromatic N) is 3. The Morgan fingerprint density at radius 3 is 2.69 bits per heavy atom. The molecular formula is C31H31ClF2N4O3S. The minimum Gasteiger partial charge on any atom is -0.337 e. The molecule has 2 atom stereocenters. The molecule has 0 saturated heterocycles. The van der Waals surface area contributed by atoms with Gasteiger partial charge in [-0.05, 0) is 78.3 Å². The lowest BCUT2D eigenvalue weighted by Crippen LogP contribution is -2.34. The van der Waals surface area contributed by atoms with Gasteiger partial charge in [-0.2, -0.15) is 0 Å². The van der Waals surface area contributed by atoms with Gasteiger partial charge in [0.05, 0.1) is 11.4 Å². The van der Waals surface area contributed by atoms with Gasteiger partial charge in [0, 0.05) is 48.7 Å². The van der Waals surface area contributed by atoms with Gasteiger partial charge >= 0.3 is 0 Å². The third-order valence-corrected chi connectivity index (χ3v) is 9.36. The number of benzene rings is 3. The van der Waals surface area contributed by atoms with Crippen molar-refractivity contribution in [2.24, 2.45) is 7.05 Å². The molecule has 0 radical (unpaired) electrons. The van der Waals surface area contributed by atoms with Gasteiger partial charge in [-0.15, -0.1) is 0 Å². The van der Waals surface area contributed by atoms with E-state index in [-0.39, 0.29) is 29.3 Å². The SMILES string of the molecule is C[C@@H](CC(=O)N(Cc1nccn1C)c1ccc2c(c1)[C@@H](NS(=O)(=O)c1cccc(Cl)c1)CCC2)c1ccc(F)cc1F. The summed E-state index contributed by atoms with van der Waals surface area (Å²) < 4.78 is 59.1. The highest BCUT2D eigenvalue weighted by molar-refractivity contribution is 7.89. The van der Waals surface area contributed by atoms with Crippen LogP contribution in [0.5, 0.6) is 0 Å². The molecule has 4 aromatic rings. The molecule has 1 amide bonds. The summed E-state index contributed by atoms with van der Waals surface area (Å²) in [5.41, 5.74) is 2.61. The summed E-state index contributed by atoms with van der Waals surface area (Å²) >= 11 is 6.05. The van der Waals surface area contributed by atoms with E-state index in [9.17, 15) is 22.0 Å². The van der Waals surface area contributed by atoms with Gasteiger partial charge in [-0.1, -0.05) is 36.7 Å². The summed E-state index contributed by atoms with van der Waals surface area (Å²) in [6.07, 6.45) is 5.55. The fourth-order valence-electron chi connectivity index (χ4n) is 5.36. The highest BCUT2D eigenvalue weighted by Gasteiger charge is 2.29. The van der Waals surface area contributed by atoms with E-state index in [1.165, 1.54) is 24.3 Å². The molecule has 1 aromatic heterocycles. The fourth-order valence-corrected chi connectivity index (χ4v) is 6.91. The molecule has 0 bridgehead atoms. The Kier molecular flexibility index (Phi) is 8.77. The van der Waals surface area contributed by atoms with Crippen molar-refractivity contribution in [3.63, 3.8) is 0 Å². The number of halogens is 3. The minimum atomic E-state index is -3.87. The topological polar surface area (TPSA) is 84.3 Å². The predicted molar refractivity (Wildman–Crippen MR) is 158 cm³/mol. The summed E-state index contributed by atoms with van der Waals surface area (Å²) in [5.74, 6) is -1.53. The zero-order valence-corrected chi connectivity index (χ0v) is 24.8. The molecule has 42 heavy (non-hydrogen) atoms. The molecule has 1 heterocycles. The van der Waals surface area contributed by atoms with Crippen molar-refractivity contribution in [1.29, 1.82) is 0 Å². The molecule has 1 aliphatic rings. The number of anilines is 1. The Labute approximate surface area is 249 Å². The first-order valence-electron chi connectivity index (χ1n) is 13.6. The van der Waals surface area contributed by atoms with Crippen molar-refractivity contribution in [2.45, 2.75) is 56.0 Å². The number of aromatic nitrogens is 2. The molecule has 3 aromatic carbocycles. The Morgan fingerprint density at radius 1 is 1.17 bits per heavy atom. The van der Waals surface area contributed by atoms with Crippen molar-refractivity contribution < 1.29 is 22.0 Å². The second-order valence-corrected chi connectivity index (χ2v) is 12.8. The van der Waals surface area contributed by atoms with Crippen LogP contribution in [0, 0.1) is 11.6 Å². The number of amides is 1. The lowest BCUT2D eigenvalue weighted by Gasteiger charge is -2.30. The quantitative estimate of drug-likeness (QED) is 0.236. The third kappa shape index (κ3) is 6.56. The first-order chi connectivity index (χ1) is 20.0. The lowest BCUT2D eigenvalue weighted by molar-refractivity contribution is -0.119. The number of aryl methyl sites for hydroxylation is 2. The van der Waals surface area contributed by atoms with E-state index in [1.54, 1.807) is 36.4 Å². The predicted octanol–water partition coefficient (Wildman–Crippen LogP) is 6.43. The standard InChI is InChI=1S/C31H31ClF2N4O3S/c1-20(26-12-10-23(33)17-28(26)34)15-31(39)38(19-30-35-13-14-37(30)2)24-11-9-21-5-3-8-29(27(21)18-24)36-42(40,41)25-7-4-6-22(32)16-25/h4,6-7,9-14,16-18,20,29,36H,3,5,8,15,19H2,1-2H3/t20-,29-/m0/s1. The normalized spacial score (nSPS) is 15.7. The van der Waals surface area contributed by atoms with Crippen LogP contribution < -0.4 is 9.62 Å². The molecule has 0 saturated carbocycles. The first-order valence-corrected chi connectivity index (χ1v) is 15.5. The largest absolute Gasteiger partial charge is 0.337 e. The Balaban J connectivity index is 1.47. The molecule has 220 valence electrons. The number of hydrogen-bond acceptors (Lipinski definition) is 4. The number of sulfonamides is 1. The minimum absolute atomic E-state index is 0.0329. The monoisotopic (exact) mass is 612 g/mol. The first kappa shape index (κ1) is 29.9. The summed E-state index contributed by atoms with van der Waals surface area (Å²) in [6, 6.07) is 14.6. The molecule has 0 aliphatic heterocycles. The highest BCUT2D eigenvalue weighted by atomic mass is 35.5. The number of rotatable bonds is 9. The molecule has 0 unspecified atom stereocenters. The van der Waals surface area contributed by atoms with Crippen LogP contribution in [0.25, 0.3) is 0 Å². The maximum Gasteiger partial charge on any atom is 0.241 e. The molecule has 0 fully saturated rings. The van der Waals surface area contributed by atoms with E-state index >= 15 is 0 Å². The van der Waals surface area contributed by atoms with Crippen LogP contribution in [0.4, 0.5) is 14.5 Å². The second-order valence-electron chi connectivity index (χ2n) is 10.6. The van der Waals surface area contributed by atoms with Gasteiger partial charge < -0.3 is 9.47 Å². The average Bonchev–Trinajstić information content (AvgIpc) is 3.35. The Hall–Kier alpha value is -3.60. The number of nitrogens with one attached hydrogen (secondary N) is 1. The van der Waals surface area contributed by atoms with Crippen molar-refractivity contribution in [3.05, 3.63) is 112 Å². The highest BCUT2D eigenvalue weighted by Crippen LogP contribution is 2.35. The summed E-state index contributed by atoms with van der Waals surface area (Å²) in [7, 11) is -2.04. The van der Waals surface area contributed by atoms with Crippen molar-refractivity contribution in [3.8, 4) is 0 Å². The molecule has 7 nitrogen and oxygen atoms in total. The van der Waals surface area contributed by atoms with E-state index in [0.29, 0.717) is 23.0 Å². The van der Waals surface area contributed by atoms with Crippen molar-refractivity contribution in [1.82, 2.24) is 14.3 Å². The Bertz CT molecular complexity index is 1730. The summed E-state index contributed by atoms with van der Waals surface area (Å²) in [6.45, 7) is 1.87. The van der Waals surface area contributed by atoms with Crippen LogP contribution >= 0.6 is 11.6 Å². The molecule has 0 spiro atoms. The maximum atomic E-state index is 14.5. The maximum absolute atomic E-state index is 14.5. The smallest absolute Gasteiger partial charge is 0.241 e. The van der Waals surface area contributed by atoms with Crippen LogP contribution in [0.2, 0.25) is 5.02 Å². The number of imidazole rings is 1. The van der Waals surface area contributed by atoms with Gasteiger partial charge in [0.2, 0.25) is 15.9 Å².